The molecule has 2 aliphatic heterocycles. The molecule has 0 unspecified atom stereocenters. The number of rotatable bonds is 4. The summed E-state index contributed by atoms with van der Waals surface area (Å²) in [6.45, 7) is 7.28. The first-order valence-corrected chi connectivity index (χ1v) is 9.36. The number of aliphatic imine (C=N–C) groups is 1. The minimum absolute atomic E-state index is 0.314. The lowest BCUT2D eigenvalue weighted by Crippen LogP contribution is -2.22. The van der Waals surface area contributed by atoms with Crippen LogP contribution in [0.5, 0.6) is 0 Å². The fraction of sp³-hybridized carbons (Fsp3) is 0.450. The largest absolute Gasteiger partial charge is 0.368 e. The summed E-state index contributed by atoms with van der Waals surface area (Å²) >= 11 is 0. The first kappa shape index (κ1) is 16.8. The van der Waals surface area contributed by atoms with E-state index in [0.717, 1.165) is 53.8 Å². The van der Waals surface area contributed by atoms with Crippen molar-refractivity contribution in [2.75, 3.05) is 30.4 Å². The third kappa shape index (κ3) is 3.36. The Bertz CT molecular complexity index is 806. The van der Waals surface area contributed by atoms with Crippen LogP contribution in [0, 0.1) is 0 Å². The summed E-state index contributed by atoms with van der Waals surface area (Å²) in [4.78, 5) is 18.6. The maximum atomic E-state index is 4.89. The van der Waals surface area contributed by atoms with Crippen LogP contribution in [0.4, 0.5) is 17.3 Å². The van der Waals surface area contributed by atoms with Gasteiger partial charge in [-0.25, -0.2) is 15.0 Å². The Morgan fingerprint density at radius 1 is 1.15 bits per heavy atom. The van der Waals surface area contributed by atoms with Crippen LogP contribution in [0.2, 0.25) is 0 Å². The van der Waals surface area contributed by atoms with Crippen LogP contribution in [0.25, 0.3) is 11.3 Å². The lowest BCUT2D eigenvalue weighted by molar-refractivity contribution is 0.508. The molecule has 6 heteroatoms. The molecule has 1 fully saturated rings. The first-order chi connectivity index (χ1) is 12.6. The van der Waals surface area contributed by atoms with Gasteiger partial charge in [0.15, 0.2) is 0 Å². The standard InChI is InChI=1S/C20H26N6/c1-14(2)23-20-16-12-25(3)13-22-18(16)10-17(24-20)15-6-7-19(21-11-15)26-8-4-5-9-26/h6-7,10-11,13-14H,4-5,8-9,12H2,1-3H3,(H,23,24). The van der Waals surface area contributed by atoms with Gasteiger partial charge in [-0.2, -0.15) is 0 Å². The number of fused-ring (bicyclic) bond motifs is 1. The maximum Gasteiger partial charge on any atom is 0.134 e. The maximum absolute atomic E-state index is 4.89. The molecule has 1 saturated heterocycles. The number of nitrogens with one attached hydrogen (secondary N) is 1. The Hall–Kier alpha value is -2.63. The highest BCUT2D eigenvalue weighted by molar-refractivity contribution is 5.76. The summed E-state index contributed by atoms with van der Waals surface area (Å²) in [5.41, 5.74) is 4.07. The average molecular weight is 350 g/mol. The van der Waals surface area contributed by atoms with E-state index in [1.54, 1.807) is 0 Å². The molecule has 2 aliphatic rings. The molecule has 1 N–H and O–H groups in total. The number of hydrogen-bond acceptors (Lipinski definition) is 6. The molecule has 4 rings (SSSR count). The van der Waals surface area contributed by atoms with Gasteiger partial charge in [0.25, 0.3) is 0 Å². The molecule has 0 radical (unpaired) electrons. The van der Waals surface area contributed by atoms with Crippen molar-refractivity contribution in [3.05, 3.63) is 30.0 Å². The van der Waals surface area contributed by atoms with Crippen LogP contribution in [-0.4, -0.2) is 47.4 Å². The summed E-state index contributed by atoms with van der Waals surface area (Å²) in [7, 11) is 2.03. The van der Waals surface area contributed by atoms with Crippen LogP contribution in [0.3, 0.4) is 0 Å². The molecule has 0 saturated carbocycles. The van der Waals surface area contributed by atoms with E-state index in [0.29, 0.717) is 6.04 Å². The van der Waals surface area contributed by atoms with Crippen molar-refractivity contribution >= 4 is 23.7 Å². The van der Waals surface area contributed by atoms with Crippen LogP contribution in [-0.2, 0) is 6.54 Å². The van der Waals surface area contributed by atoms with Crippen LogP contribution < -0.4 is 10.2 Å². The molecule has 0 aliphatic carbocycles. The smallest absolute Gasteiger partial charge is 0.134 e. The van der Waals surface area contributed by atoms with E-state index in [-0.39, 0.29) is 0 Å². The summed E-state index contributed by atoms with van der Waals surface area (Å²) in [6.07, 6.45) is 6.32. The van der Waals surface area contributed by atoms with Gasteiger partial charge in [0.2, 0.25) is 0 Å². The molecular formula is C20H26N6. The van der Waals surface area contributed by atoms with Crippen molar-refractivity contribution in [3.8, 4) is 11.3 Å². The molecule has 0 atom stereocenters. The molecule has 136 valence electrons. The highest BCUT2D eigenvalue weighted by Gasteiger charge is 2.19. The molecule has 6 nitrogen and oxygen atoms in total. The van der Waals surface area contributed by atoms with Crippen molar-refractivity contribution < 1.29 is 0 Å². The lowest BCUT2D eigenvalue weighted by Gasteiger charge is -2.24. The quantitative estimate of drug-likeness (QED) is 0.912. The van der Waals surface area contributed by atoms with E-state index < -0.39 is 0 Å². The van der Waals surface area contributed by atoms with Crippen molar-refractivity contribution in [1.29, 1.82) is 0 Å². The van der Waals surface area contributed by atoms with Gasteiger partial charge in [-0.05, 0) is 44.9 Å². The lowest BCUT2D eigenvalue weighted by atomic mass is 10.1. The second-order valence-corrected chi connectivity index (χ2v) is 7.41. The van der Waals surface area contributed by atoms with Crippen molar-refractivity contribution in [1.82, 2.24) is 14.9 Å². The highest BCUT2D eigenvalue weighted by atomic mass is 15.2. The number of nitrogens with zero attached hydrogens (tertiary/aromatic N) is 5. The molecule has 0 amide bonds. The zero-order chi connectivity index (χ0) is 18.1. The molecule has 2 aromatic heterocycles. The van der Waals surface area contributed by atoms with Gasteiger partial charge in [0, 0.05) is 50.0 Å². The Kier molecular flexibility index (Phi) is 4.49. The molecule has 0 bridgehead atoms. The van der Waals surface area contributed by atoms with Gasteiger partial charge >= 0.3 is 0 Å². The zero-order valence-electron chi connectivity index (χ0n) is 15.7. The number of pyridine rings is 2. The molecule has 2 aromatic rings. The third-order valence-electron chi connectivity index (χ3n) is 4.80. The zero-order valence-corrected chi connectivity index (χ0v) is 15.7. The monoisotopic (exact) mass is 350 g/mol. The van der Waals surface area contributed by atoms with Crippen molar-refractivity contribution in [2.24, 2.45) is 4.99 Å². The Labute approximate surface area is 155 Å². The molecule has 0 spiro atoms. The van der Waals surface area contributed by atoms with Gasteiger partial charge in [-0.1, -0.05) is 0 Å². The number of hydrogen-bond donors (Lipinski definition) is 1. The van der Waals surface area contributed by atoms with E-state index in [4.69, 9.17) is 4.98 Å². The van der Waals surface area contributed by atoms with E-state index in [1.165, 1.54) is 12.8 Å². The fourth-order valence-corrected chi connectivity index (χ4v) is 3.49. The van der Waals surface area contributed by atoms with Crippen LogP contribution in [0.15, 0.2) is 29.4 Å². The SMILES string of the molecule is CC(C)Nc1nc(-c2ccc(N3CCCC3)nc2)cc2c1CN(C)C=N2. The molecule has 26 heavy (non-hydrogen) atoms. The van der Waals surface area contributed by atoms with Gasteiger partial charge < -0.3 is 15.1 Å². The highest BCUT2D eigenvalue weighted by Crippen LogP contribution is 2.34. The van der Waals surface area contributed by atoms with Crippen LogP contribution in [0.1, 0.15) is 32.3 Å². The van der Waals surface area contributed by atoms with Gasteiger partial charge in [-0.3, -0.25) is 0 Å². The summed E-state index contributed by atoms with van der Waals surface area (Å²) in [6, 6.07) is 6.60. The molecule has 0 aromatic carbocycles. The number of aromatic nitrogens is 2. The average Bonchev–Trinajstić information content (AvgIpc) is 3.16. The Morgan fingerprint density at radius 2 is 1.96 bits per heavy atom. The Morgan fingerprint density at radius 3 is 2.65 bits per heavy atom. The molecule has 4 heterocycles. The van der Waals surface area contributed by atoms with Gasteiger partial charge in [-0.15, -0.1) is 0 Å². The van der Waals surface area contributed by atoms with Gasteiger partial charge in [0.05, 0.1) is 17.7 Å². The summed E-state index contributed by atoms with van der Waals surface area (Å²) in [5.74, 6) is 1.98. The van der Waals surface area contributed by atoms with E-state index in [2.05, 4.69) is 57.1 Å². The fourth-order valence-electron chi connectivity index (χ4n) is 3.49. The van der Waals surface area contributed by atoms with Crippen molar-refractivity contribution in [2.45, 2.75) is 39.3 Å². The second kappa shape index (κ2) is 6.94. The first-order valence-electron chi connectivity index (χ1n) is 9.36. The third-order valence-corrected chi connectivity index (χ3v) is 4.80. The van der Waals surface area contributed by atoms with E-state index in [9.17, 15) is 0 Å². The topological polar surface area (TPSA) is 56.7 Å². The molecular weight excluding hydrogens is 324 g/mol. The Balaban J connectivity index is 1.69. The summed E-state index contributed by atoms with van der Waals surface area (Å²) in [5, 5.41) is 3.48. The predicted octanol–water partition coefficient (Wildman–Crippen LogP) is 3.67. The van der Waals surface area contributed by atoms with Crippen molar-refractivity contribution in [3.63, 3.8) is 0 Å². The normalized spacial score (nSPS) is 16.3. The minimum atomic E-state index is 0.314. The number of anilines is 2. The van der Waals surface area contributed by atoms with E-state index in [1.807, 2.05) is 19.6 Å². The minimum Gasteiger partial charge on any atom is -0.368 e. The second-order valence-electron chi connectivity index (χ2n) is 7.41. The predicted molar refractivity (Wildman–Crippen MR) is 107 cm³/mol. The summed E-state index contributed by atoms with van der Waals surface area (Å²) < 4.78 is 0. The van der Waals surface area contributed by atoms with E-state index >= 15 is 0 Å². The van der Waals surface area contributed by atoms with Crippen LogP contribution >= 0.6 is 0 Å². The van der Waals surface area contributed by atoms with Gasteiger partial charge in [0.1, 0.15) is 11.6 Å².